The van der Waals surface area contributed by atoms with Gasteiger partial charge in [-0.15, -0.1) is 0 Å². The van der Waals surface area contributed by atoms with Crippen LogP contribution in [0, 0.1) is 0 Å². The van der Waals surface area contributed by atoms with Crippen LogP contribution in [0.3, 0.4) is 0 Å². The lowest BCUT2D eigenvalue weighted by molar-refractivity contribution is 0.300. The highest BCUT2D eigenvalue weighted by Crippen LogP contribution is 2.21. The molecular formula is C21H24N2O2. The Morgan fingerprint density at radius 2 is 1.88 bits per heavy atom. The summed E-state index contributed by atoms with van der Waals surface area (Å²) in [6, 6.07) is 15.7. The van der Waals surface area contributed by atoms with Crippen molar-refractivity contribution in [3.63, 3.8) is 0 Å². The summed E-state index contributed by atoms with van der Waals surface area (Å²) >= 11 is 0. The number of aromatic nitrogens is 2. The summed E-state index contributed by atoms with van der Waals surface area (Å²) in [6.07, 6.45) is 3.51. The first-order valence-corrected chi connectivity index (χ1v) is 8.86. The van der Waals surface area contributed by atoms with E-state index < -0.39 is 0 Å². The van der Waals surface area contributed by atoms with E-state index in [9.17, 15) is 4.79 Å². The van der Waals surface area contributed by atoms with Crippen LogP contribution in [0.4, 0.5) is 0 Å². The zero-order valence-corrected chi connectivity index (χ0v) is 14.8. The lowest BCUT2D eigenvalue weighted by Crippen LogP contribution is -2.21. The van der Waals surface area contributed by atoms with Crippen LogP contribution >= 0.6 is 0 Å². The molecule has 0 radical (unpaired) electrons. The SMILES string of the molecule is CC[C@H](C)c1ccc(OCCCn2cnc3ccccc3c2=O)cc1. The smallest absolute Gasteiger partial charge is 0.261 e. The molecule has 4 heteroatoms. The van der Waals surface area contributed by atoms with Crippen LogP contribution in [0.15, 0.2) is 59.7 Å². The van der Waals surface area contributed by atoms with Crippen LogP contribution in [-0.4, -0.2) is 16.2 Å². The Morgan fingerprint density at radius 1 is 1.12 bits per heavy atom. The van der Waals surface area contributed by atoms with Gasteiger partial charge >= 0.3 is 0 Å². The number of aryl methyl sites for hydroxylation is 1. The third-order valence-electron chi connectivity index (χ3n) is 4.61. The zero-order valence-electron chi connectivity index (χ0n) is 14.8. The Morgan fingerprint density at radius 3 is 2.64 bits per heavy atom. The number of rotatable bonds is 7. The maximum atomic E-state index is 12.4. The second-order valence-corrected chi connectivity index (χ2v) is 6.34. The molecule has 1 atom stereocenters. The largest absolute Gasteiger partial charge is 0.494 e. The van der Waals surface area contributed by atoms with Gasteiger partial charge in [0, 0.05) is 6.54 Å². The van der Waals surface area contributed by atoms with E-state index in [1.165, 1.54) is 5.56 Å². The number of hydrogen-bond acceptors (Lipinski definition) is 3. The molecular weight excluding hydrogens is 312 g/mol. The van der Waals surface area contributed by atoms with Gasteiger partial charge in [-0.2, -0.15) is 0 Å². The summed E-state index contributed by atoms with van der Waals surface area (Å²) in [6.45, 7) is 5.59. The lowest BCUT2D eigenvalue weighted by atomic mass is 9.99. The maximum absolute atomic E-state index is 12.4. The molecule has 0 spiro atoms. The number of nitrogens with zero attached hydrogens (tertiary/aromatic N) is 2. The normalized spacial score (nSPS) is 12.2. The summed E-state index contributed by atoms with van der Waals surface area (Å²) < 4.78 is 7.44. The lowest BCUT2D eigenvalue weighted by Gasteiger charge is -2.11. The van der Waals surface area contributed by atoms with Gasteiger partial charge in [0.2, 0.25) is 0 Å². The van der Waals surface area contributed by atoms with Gasteiger partial charge in [-0.05, 0) is 48.6 Å². The third kappa shape index (κ3) is 4.08. The number of ether oxygens (including phenoxy) is 1. The van der Waals surface area contributed by atoms with Crippen molar-refractivity contribution in [2.24, 2.45) is 0 Å². The van der Waals surface area contributed by atoms with Crippen molar-refractivity contribution in [1.82, 2.24) is 9.55 Å². The number of fused-ring (bicyclic) bond motifs is 1. The molecule has 0 aliphatic carbocycles. The second-order valence-electron chi connectivity index (χ2n) is 6.34. The molecule has 0 amide bonds. The van der Waals surface area contributed by atoms with Gasteiger partial charge in [0.15, 0.2) is 0 Å². The molecule has 4 nitrogen and oxygen atoms in total. The van der Waals surface area contributed by atoms with Crippen molar-refractivity contribution in [1.29, 1.82) is 0 Å². The van der Waals surface area contributed by atoms with Crippen LogP contribution in [0.25, 0.3) is 10.9 Å². The summed E-state index contributed by atoms with van der Waals surface area (Å²) in [4.78, 5) is 16.7. The van der Waals surface area contributed by atoms with Gasteiger partial charge in [0.1, 0.15) is 5.75 Å². The first kappa shape index (κ1) is 17.2. The Kier molecular flexibility index (Phi) is 5.49. The summed E-state index contributed by atoms with van der Waals surface area (Å²) in [5, 5.41) is 0.659. The molecule has 130 valence electrons. The number of para-hydroxylation sites is 1. The summed E-state index contributed by atoms with van der Waals surface area (Å²) in [7, 11) is 0. The monoisotopic (exact) mass is 336 g/mol. The van der Waals surface area contributed by atoms with Gasteiger partial charge in [-0.3, -0.25) is 9.36 Å². The fourth-order valence-electron chi connectivity index (χ4n) is 2.82. The molecule has 25 heavy (non-hydrogen) atoms. The summed E-state index contributed by atoms with van der Waals surface area (Å²) in [5.74, 6) is 1.44. The van der Waals surface area contributed by atoms with E-state index in [4.69, 9.17) is 4.74 Å². The predicted molar refractivity (Wildman–Crippen MR) is 101 cm³/mol. The van der Waals surface area contributed by atoms with Crippen molar-refractivity contribution in [3.05, 3.63) is 70.8 Å². The molecule has 0 fully saturated rings. The molecule has 1 heterocycles. The first-order valence-electron chi connectivity index (χ1n) is 8.86. The molecule has 0 saturated heterocycles. The molecule has 0 bridgehead atoms. The number of benzene rings is 2. The highest BCUT2D eigenvalue weighted by Gasteiger charge is 2.04. The van der Waals surface area contributed by atoms with Crippen molar-refractivity contribution >= 4 is 10.9 Å². The predicted octanol–water partition coefficient (Wildman–Crippen LogP) is 4.38. The van der Waals surface area contributed by atoms with E-state index >= 15 is 0 Å². The van der Waals surface area contributed by atoms with E-state index in [2.05, 4.69) is 31.0 Å². The van der Waals surface area contributed by atoms with E-state index in [1.807, 2.05) is 36.4 Å². The van der Waals surface area contributed by atoms with Crippen LogP contribution in [-0.2, 0) is 6.54 Å². The van der Waals surface area contributed by atoms with Crippen molar-refractivity contribution in [2.75, 3.05) is 6.61 Å². The molecule has 3 rings (SSSR count). The van der Waals surface area contributed by atoms with E-state index in [0.717, 1.165) is 24.1 Å². The van der Waals surface area contributed by atoms with Crippen LogP contribution in [0.5, 0.6) is 5.75 Å². The third-order valence-corrected chi connectivity index (χ3v) is 4.61. The van der Waals surface area contributed by atoms with Crippen LogP contribution in [0.1, 0.15) is 38.2 Å². The fraction of sp³-hybridized carbons (Fsp3) is 0.333. The number of hydrogen-bond donors (Lipinski definition) is 0. The van der Waals surface area contributed by atoms with Gasteiger partial charge in [0.25, 0.3) is 5.56 Å². The zero-order chi connectivity index (χ0) is 17.6. The fourth-order valence-corrected chi connectivity index (χ4v) is 2.82. The molecule has 2 aromatic carbocycles. The quantitative estimate of drug-likeness (QED) is 0.601. The molecule has 0 N–H and O–H groups in total. The summed E-state index contributed by atoms with van der Waals surface area (Å²) in [5.41, 5.74) is 2.08. The van der Waals surface area contributed by atoms with Gasteiger partial charge < -0.3 is 4.74 Å². The van der Waals surface area contributed by atoms with Crippen molar-refractivity contribution < 1.29 is 4.74 Å². The highest BCUT2D eigenvalue weighted by atomic mass is 16.5. The minimum atomic E-state index is 0.00325. The first-order chi connectivity index (χ1) is 12.2. The Bertz CT molecular complexity index is 884. The van der Waals surface area contributed by atoms with Gasteiger partial charge in [-0.25, -0.2) is 4.98 Å². The van der Waals surface area contributed by atoms with Crippen LogP contribution < -0.4 is 10.3 Å². The Hall–Kier alpha value is -2.62. The van der Waals surface area contributed by atoms with E-state index in [-0.39, 0.29) is 5.56 Å². The maximum Gasteiger partial charge on any atom is 0.261 e. The van der Waals surface area contributed by atoms with Crippen molar-refractivity contribution in [3.8, 4) is 5.75 Å². The van der Waals surface area contributed by atoms with Gasteiger partial charge in [0.05, 0.1) is 23.8 Å². The Labute approximate surface area is 148 Å². The molecule has 1 aromatic heterocycles. The standard InChI is InChI=1S/C21H24N2O2/c1-3-16(2)17-9-11-18(12-10-17)25-14-6-13-23-15-22-20-8-5-4-7-19(20)21(23)24/h4-5,7-12,15-16H,3,6,13-14H2,1-2H3/t16-/m0/s1. The topological polar surface area (TPSA) is 44.1 Å². The molecule has 3 aromatic rings. The highest BCUT2D eigenvalue weighted by molar-refractivity contribution is 5.76. The van der Waals surface area contributed by atoms with E-state index in [0.29, 0.717) is 24.5 Å². The van der Waals surface area contributed by atoms with Crippen molar-refractivity contribution in [2.45, 2.75) is 39.2 Å². The van der Waals surface area contributed by atoms with Crippen LogP contribution in [0.2, 0.25) is 0 Å². The average Bonchev–Trinajstić information content (AvgIpc) is 2.67. The molecule has 0 aliphatic rings. The second kappa shape index (κ2) is 7.97. The molecule has 0 saturated carbocycles. The average molecular weight is 336 g/mol. The minimum absolute atomic E-state index is 0.00325. The van der Waals surface area contributed by atoms with E-state index in [1.54, 1.807) is 10.9 Å². The minimum Gasteiger partial charge on any atom is -0.494 e. The molecule has 0 aliphatic heterocycles. The van der Waals surface area contributed by atoms with Gasteiger partial charge in [-0.1, -0.05) is 38.1 Å². The Balaban J connectivity index is 1.55. The molecule has 0 unspecified atom stereocenters.